The Labute approximate surface area is 155 Å². The van der Waals surface area contributed by atoms with Gasteiger partial charge >= 0.3 is 0 Å². The molecule has 0 unspecified atom stereocenters. The van der Waals surface area contributed by atoms with Crippen LogP contribution in [0.1, 0.15) is 61.1 Å². The van der Waals surface area contributed by atoms with Crippen molar-refractivity contribution in [2.75, 3.05) is 0 Å². The van der Waals surface area contributed by atoms with Gasteiger partial charge in [0.2, 0.25) is 0 Å². The van der Waals surface area contributed by atoms with Gasteiger partial charge in [-0.3, -0.25) is 0 Å². The Kier molecular flexibility index (Phi) is 2.45. The van der Waals surface area contributed by atoms with E-state index < -0.39 is 0 Å². The van der Waals surface area contributed by atoms with Crippen LogP contribution in [0.4, 0.5) is 0 Å². The summed E-state index contributed by atoms with van der Waals surface area (Å²) in [6.07, 6.45) is 2.28. The summed E-state index contributed by atoms with van der Waals surface area (Å²) < 4.78 is 0. The van der Waals surface area contributed by atoms with E-state index in [1.54, 1.807) is 11.1 Å². The van der Waals surface area contributed by atoms with E-state index in [4.69, 9.17) is 0 Å². The van der Waals surface area contributed by atoms with Crippen molar-refractivity contribution < 1.29 is 0 Å². The average molecular weight is 336 g/mol. The van der Waals surface area contributed by atoms with Crippen molar-refractivity contribution in [2.24, 2.45) is 0 Å². The standard InChI is InChI=1S/C26H24/c1-25(2)17-9-5-7-15-11-12-16-8-6-10-18-22(16)24-20(26(18,3)4)14-13-19(25)23(24)21(15)17/h5-10,13-14H,11-12H2,1-4H3. The molecule has 0 N–H and O–H groups in total. The molecular weight excluding hydrogens is 312 g/mol. The van der Waals surface area contributed by atoms with Gasteiger partial charge in [0.25, 0.3) is 0 Å². The molecular formula is C26H24. The predicted molar refractivity (Wildman–Crippen MR) is 109 cm³/mol. The monoisotopic (exact) mass is 336 g/mol. The minimum absolute atomic E-state index is 0.0852. The van der Waals surface area contributed by atoms with Gasteiger partial charge in [0.05, 0.1) is 0 Å². The molecule has 3 aromatic rings. The van der Waals surface area contributed by atoms with Gasteiger partial charge in [0.1, 0.15) is 0 Å². The maximum atomic E-state index is 2.42. The summed E-state index contributed by atoms with van der Waals surface area (Å²) in [5, 5.41) is 0. The molecule has 0 saturated carbocycles. The van der Waals surface area contributed by atoms with Crippen LogP contribution in [0, 0.1) is 0 Å². The van der Waals surface area contributed by atoms with Crippen LogP contribution in [0.3, 0.4) is 0 Å². The highest BCUT2D eigenvalue weighted by Crippen LogP contribution is 2.60. The van der Waals surface area contributed by atoms with Crippen LogP contribution in [0.25, 0.3) is 22.3 Å². The van der Waals surface area contributed by atoms with Crippen LogP contribution in [-0.2, 0) is 23.7 Å². The zero-order valence-corrected chi connectivity index (χ0v) is 16.0. The van der Waals surface area contributed by atoms with Crippen LogP contribution >= 0.6 is 0 Å². The number of aryl methyl sites for hydroxylation is 2. The molecule has 26 heavy (non-hydrogen) atoms. The van der Waals surface area contributed by atoms with Crippen molar-refractivity contribution in [3.05, 3.63) is 81.9 Å². The molecule has 0 spiro atoms. The highest BCUT2D eigenvalue weighted by Gasteiger charge is 2.45. The van der Waals surface area contributed by atoms with E-state index in [0.29, 0.717) is 0 Å². The molecule has 128 valence electrons. The molecule has 0 atom stereocenters. The first kappa shape index (κ1) is 14.8. The maximum absolute atomic E-state index is 2.42. The molecule has 0 heterocycles. The molecule has 0 radical (unpaired) electrons. The van der Waals surface area contributed by atoms with E-state index in [9.17, 15) is 0 Å². The molecule has 6 rings (SSSR count). The second-order valence-electron chi connectivity index (χ2n) is 9.34. The Hall–Kier alpha value is -2.34. The van der Waals surface area contributed by atoms with Crippen molar-refractivity contribution in [1.29, 1.82) is 0 Å². The van der Waals surface area contributed by atoms with Crippen molar-refractivity contribution in [2.45, 2.75) is 51.4 Å². The second kappa shape index (κ2) is 4.31. The fraction of sp³-hybridized carbons (Fsp3) is 0.308. The van der Waals surface area contributed by atoms with Crippen molar-refractivity contribution in [3.8, 4) is 22.3 Å². The predicted octanol–water partition coefficient (Wildman–Crippen LogP) is 6.40. The summed E-state index contributed by atoms with van der Waals surface area (Å²) in [6, 6.07) is 18.8. The van der Waals surface area contributed by atoms with E-state index in [-0.39, 0.29) is 10.8 Å². The highest BCUT2D eigenvalue weighted by atomic mass is 14.5. The Morgan fingerprint density at radius 1 is 0.500 bits per heavy atom. The number of rotatable bonds is 0. The number of hydrogen-bond donors (Lipinski definition) is 0. The molecule has 3 aliphatic rings. The molecule has 0 aromatic heterocycles. The highest BCUT2D eigenvalue weighted by molar-refractivity contribution is 6.00. The summed E-state index contributed by atoms with van der Waals surface area (Å²) in [5.41, 5.74) is 15.5. The van der Waals surface area contributed by atoms with Gasteiger partial charge in [-0.25, -0.2) is 0 Å². The fourth-order valence-electron chi connectivity index (χ4n) is 5.97. The molecule has 0 aliphatic heterocycles. The third-order valence-corrected chi connectivity index (χ3v) is 7.36. The molecule has 0 saturated heterocycles. The zero-order chi connectivity index (χ0) is 17.8. The third-order valence-electron chi connectivity index (χ3n) is 7.36. The van der Waals surface area contributed by atoms with Crippen LogP contribution in [-0.4, -0.2) is 0 Å². The molecule has 0 fully saturated rings. The quantitative estimate of drug-likeness (QED) is 0.446. The van der Waals surface area contributed by atoms with Gasteiger partial charge in [0, 0.05) is 10.8 Å². The Bertz CT molecular complexity index is 1030. The van der Waals surface area contributed by atoms with Crippen molar-refractivity contribution >= 4 is 0 Å². The van der Waals surface area contributed by atoms with Crippen LogP contribution < -0.4 is 0 Å². The minimum atomic E-state index is 0.0852. The SMILES string of the molecule is CC1(C)c2cccc3c2-c2c1ccc1c2-c2c(cccc2C1(C)C)CC3. The molecule has 0 nitrogen and oxygen atoms in total. The first-order valence-corrected chi connectivity index (χ1v) is 9.86. The summed E-state index contributed by atoms with van der Waals surface area (Å²) in [4.78, 5) is 0. The Morgan fingerprint density at radius 2 is 0.885 bits per heavy atom. The summed E-state index contributed by atoms with van der Waals surface area (Å²) in [5.74, 6) is 0. The molecule has 3 aliphatic carbocycles. The summed E-state index contributed by atoms with van der Waals surface area (Å²) >= 11 is 0. The van der Waals surface area contributed by atoms with Crippen molar-refractivity contribution in [1.82, 2.24) is 0 Å². The van der Waals surface area contributed by atoms with Gasteiger partial charge in [0.15, 0.2) is 0 Å². The molecule has 0 amide bonds. The zero-order valence-electron chi connectivity index (χ0n) is 16.0. The topological polar surface area (TPSA) is 0 Å². The van der Waals surface area contributed by atoms with Crippen molar-refractivity contribution in [3.63, 3.8) is 0 Å². The van der Waals surface area contributed by atoms with E-state index in [2.05, 4.69) is 76.2 Å². The van der Waals surface area contributed by atoms with Gasteiger partial charge in [-0.15, -0.1) is 0 Å². The van der Waals surface area contributed by atoms with Crippen LogP contribution in [0.2, 0.25) is 0 Å². The van der Waals surface area contributed by atoms with Crippen LogP contribution in [0.15, 0.2) is 48.5 Å². The summed E-state index contributed by atoms with van der Waals surface area (Å²) in [6.45, 7) is 9.61. The van der Waals surface area contributed by atoms with E-state index in [0.717, 1.165) is 12.8 Å². The smallest absolute Gasteiger partial charge is 0.0159 e. The number of benzene rings is 3. The minimum Gasteiger partial charge on any atom is -0.0616 e. The van der Waals surface area contributed by atoms with Crippen LogP contribution in [0.5, 0.6) is 0 Å². The van der Waals surface area contributed by atoms with E-state index >= 15 is 0 Å². The summed E-state index contributed by atoms with van der Waals surface area (Å²) in [7, 11) is 0. The largest absolute Gasteiger partial charge is 0.0616 e. The third kappa shape index (κ3) is 1.46. The van der Waals surface area contributed by atoms with Gasteiger partial charge in [-0.05, 0) is 68.5 Å². The maximum Gasteiger partial charge on any atom is 0.0159 e. The van der Waals surface area contributed by atoms with Gasteiger partial charge in [-0.2, -0.15) is 0 Å². The lowest BCUT2D eigenvalue weighted by Crippen LogP contribution is -2.17. The fourth-order valence-corrected chi connectivity index (χ4v) is 5.97. The normalized spacial score (nSPS) is 19.1. The average Bonchev–Trinajstić information content (AvgIpc) is 2.99. The van der Waals surface area contributed by atoms with E-state index in [1.165, 1.54) is 44.5 Å². The molecule has 0 bridgehead atoms. The first-order valence-electron chi connectivity index (χ1n) is 9.86. The second-order valence-corrected chi connectivity index (χ2v) is 9.34. The Balaban J connectivity index is 1.89. The molecule has 0 heteroatoms. The number of hydrogen-bond acceptors (Lipinski definition) is 0. The Morgan fingerprint density at radius 3 is 1.31 bits per heavy atom. The van der Waals surface area contributed by atoms with Gasteiger partial charge < -0.3 is 0 Å². The molecule has 3 aromatic carbocycles. The lowest BCUT2D eigenvalue weighted by molar-refractivity contribution is 0.650. The van der Waals surface area contributed by atoms with E-state index in [1.807, 2.05) is 0 Å². The lowest BCUT2D eigenvalue weighted by atomic mass is 9.79. The first-order chi connectivity index (χ1) is 12.4. The van der Waals surface area contributed by atoms with Gasteiger partial charge in [-0.1, -0.05) is 76.2 Å². The lowest BCUT2D eigenvalue weighted by Gasteiger charge is -2.24.